The molecule has 84 valence electrons. The van der Waals surface area contributed by atoms with Crippen LogP contribution in [0.15, 0.2) is 12.7 Å². The van der Waals surface area contributed by atoms with E-state index in [2.05, 4.69) is 11.9 Å². The van der Waals surface area contributed by atoms with E-state index in [0.717, 1.165) is 32.1 Å². The number of carbonyl (C=O) groups excluding carboxylic acids is 1. The average molecular weight is 209 g/mol. The van der Waals surface area contributed by atoms with Crippen molar-refractivity contribution in [3.8, 4) is 0 Å². The number of piperidine rings is 1. The zero-order chi connectivity index (χ0) is 10.9. The molecule has 0 radical (unpaired) electrons. The van der Waals surface area contributed by atoms with Crippen LogP contribution in [0.3, 0.4) is 0 Å². The average Bonchev–Trinajstić information content (AvgIpc) is 2.44. The molecule has 1 spiro atoms. The van der Waals surface area contributed by atoms with E-state index in [9.17, 15) is 9.90 Å². The molecule has 0 aromatic heterocycles. The van der Waals surface area contributed by atoms with Gasteiger partial charge in [-0.1, -0.05) is 6.08 Å². The van der Waals surface area contributed by atoms with Crippen molar-refractivity contribution in [2.45, 2.75) is 56.1 Å². The summed E-state index contributed by atoms with van der Waals surface area (Å²) in [6.07, 6.45) is 7.41. The molecule has 1 amide bonds. The van der Waals surface area contributed by atoms with Crippen molar-refractivity contribution in [3.63, 3.8) is 0 Å². The number of carbonyl (C=O) groups is 1. The fourth-order valence-corrected chi connectivity index (χ4v) is 3.17. The second-order valence-electron chi connectivity index (χ2n) is 4.86. The number of amides is 1. The van der Waals surface area contributed by atoms with E-state index in [-0.39, 0.29) is 11.4 Å². The van der Waals surface area contributed by atoms with E-state index in [1.807, 2.05) is 0 Å². The molecule has 15 heavy (non-hydrogen) atoms. The first kappa shape index (κ1) is 10.7. The third kappa shape index (κ3) is 1.59. The highest BCUT2D eigenvalue weighted by Crippen LogP contribution is 2.46. The van der Waals surface area contributed by atoms with Crippen molar-refractivity contribution in [3.05, 3.63) is 12.7 Å². The van der Waals surface area contributed by atoms with E-state index >= 15 is 0 Å². The Kier molecular flexibility index (Phi) is 2.59. The van der Waals surface area contributed by atoms with Crippen LogP contribution in [0.1, 0.15) is 44.9 Å². The lowest BCUT2D eigenvalue weighted by molar-refractivity contribution is -0.131. The molecule has 0 unspecified atom stereocenters. The third-order valence-corrected chi connectivity index (χ3v) is 3.95. The molecular formula is C12H19NO2. The molecule has 1 aliphatic heterocycles. The van der Waals surface area contributed by atoms with Gasteiger partial charge in [0, 0.05) is 6.42 Å². The van der Waals surface area contributed by atoms with Gasteiger partial charge in [-0.3, -0.25) is 4.79 Å². The maximum atomic E-state index is 11.5. The quantitative estimate of drug-likeness (QED) is 0.677. The lowest BCUT2D eigenvalue weighted by atomic mass is 9.75. The number of hydrogen-bond donors (Lipinski definition) is 2. The highest BCUT2D eigenvalue weighted by Gasteiger charge is 2.54. The second-order valence-corrected chi connectivity index (χ2v) is 4.86. The summed E-state index contributed by atoms with van der Waals surface area (Å²) in [4.78, 5) is 11.5. The minimum absolute atomic E-state index is 0.0886. The van der Waals surface area contributed by atoms with Crippen molar-refractivity contribution < 1.29 is 9.90 Å². The van der Waals surface area contributed by atoms with Gasteiger partial charge < -0.3 is 10.4 Å². The molecule has 2 fully saturated rings. The summed E-state index contributed by atoms with van der Waals surface area (Å²) in [5, 5.41) is 13.6. The molecule has 0 aromatic rings. The van der Waals surface area contributed by atoms with Crippen LogP contribution in [0.5, 0.6) is 0 Å². The molecule has 0 aromatic carbocycles. The van der Waals surface area contributed by atoms with Crippen molar-refractivity contribution in [2.75, 3.05) is 0 Å². The van der Waals surface area contributed by atoms with Gasteiger partial charge in [-0.05, 0) is 38.5 Å². The molecule has 1 saturated heterocycles. The number of nitrogens with one attached hydrogen (secondary N) is 1. The fraction of sp³-hybridized carbons (Fsp3) is 0.750. The van der Waals surface area contributed by atoms with Gasteiger partial charge in [0.05, 0.1) is 11.1 Å². The number of rotatable bonds is 2. The molecular weight excluding hydrogens is 190 g/mol. The van der Waals surface area contributed by atoms with Crippen LogP contribution in [-0.4, -0.2) is 22.2 Å². The van der Waals surface area contributed by atoms with E-state index in [0.29, 0.717) is 12.8 Å². The molecule has 1 saturated carbocycles. The Labute approximate surface area is 90.6 Å². The zero-order valence-corrected chi connectivity index (χ0v) is 9.09. The Morgan fingerprint density at radius 1 is 1.40 bits per heavy atom. The number of hydrogen-bond acceptors (Lipinski definition) is 2. The molecule has 1 heterocycles. The Balaban J connectivity index is 2.24. The second kappa shape index (κ2) is 3.63. The fourth-order valence-electron chi connectivity index (χ4n) is 3.17. The van der Waals surface area contributed by atoms with E-state index < -0.39 is 5.60 Å². The van der Waals surface area contributed by atoms with Gasteiger partial charge in [0.2, 0.25) is 5.91 Å². The van der Waals surface area contributed by atoms with Gasteiger partial charge in [-0.25, -0.2) is 0 Å². The monoisotopic (exact) mass is 209 g/mol. The normalized spacial score (nSPS) is 40.5. The first-order valence-electron chi connectivity index (χ1n) is 5.76. The number of aliphatic hydroxyl groups is 1. The highest BCUT2D eigenvalue weighted by atomic mass is 16.3. The molecule has 2 aliphatic rings. The van der Waals surface area contributed by atoms with Gasteiger partial charge in [0.15, 0.2) is 0 Å². The SMILES string of the molecule is C=CC[C@]1(O)CCC[C@@]12CCCC(=O)N2. The first-order chi connectivity index (χ1) is 7.12. The maximum Gasteiger partial charge on any atom is 0.220 e. The zero-order valence-electron chi connectivity index (χ0n) is 9.09. The molecule has 2 atom stereocenters. The summed E-state index contributed by atoms with van der Waals surface area (Å²) >= 11 is 0. The van der Waals surface area contributed by atoms with Crippen LogP contribution in [0.25, 0.3) is 0 Å². The van der Waals surface area contributed by atoms with Crippen molar-refractivity contribution in [2.24, 2.45) is 0 Å². The predicted molar refractivity (Wildman–Crippen MR) is 58.3 cm³/mol. The maximum absolute atomic E-state index is 11.5. The molecule has 3 heteroatoms. The van der Waals surface area contributed by atoms with Crippen LogP contribution in [0, 0.1) is 0 Å². The molecule has 2 N–H and O–H groups in total. The van der Waals surface area contributed by atoms with E-state index in [1.54, 1.807) is 6.08 Å². The predicted octanol–water partition coefficient (Wildman–Crippen LogP) is 1.52. The van der Waals surface area contributed by atoms with E-state index in [1.165, 1.54) is 0 Å². The lowest BCUT2D eigenvalue weighted by Crippen LogP contribution is -2.62. The minimum Gasteiger partial charge on any atom is -0.387 e. The molecule has 0 bridgehead atoms. The van der Waals surface area contributed by atoms with Crippen LogP contribution >= 0.6 is 0 Å². The van der Waals surface area contributed by atoms with Crippen LogP contribution in [0.2, 0.25) is 0 Å². The van der Waals surface area contributed by atoms with Gasteiger partial charge in [-0.15, -0.1) is 6.58 Å². The largest absolute Gasteiger partial charge is 0.387 e. The molecule has 3 nitrogen and oxygen atoms in total. The van der Waals surface area contributed by atoms with Crippen molar-refractivity contribution in [1.82, 2.24) is 5.32 Å². The summed E-state index contributed by atoms with van der Waals surface area (Å²) in [5.74, 6) is 0.0886. The summed E-state index contributed by atoms with van der Waals surface area (Å²) in [6, 6.07) is 0. The Hall–Kier alpha value is -0.830. The first-order valence-corrected chi connectivity index (χ1v) is 5.76. The Bertz CT molecular complexity index is 289. The van der Waals surface area contributed by atoms with Gasteiger partial charge in [0.25, 0.3) is 0 Å². The minimum atomic E-state index is -0.759. The smallest absolute Gasteiger partial charge is 0.220 e. The Morgan fingerprint density at radius 2 is 2.13 bits per heavy atom. The topological polar surface area (TPSA) is 49.3 Å². The molecule has 1 aliphatic carbocycles. The summed E-state index contributed by atoms with van der Waals surface area (Å²) in [6.45, 7) is 3.69. The van der Waals surface area contributed by atoms with Crippen LogP contribution in [0.4, 0.5) is 0 Å². The van der Waals surface area contributed by atoms with Gasteiger partial charge in [0.1, 0.15) is 0 Å². The van der Waals surface area contributed by atoms with E-state index in [4.69, 9.17) is 0 Å². The Morgan fingerprint density at radius 3 is 2.80 bits per heavy atom. The van der Waals surface area contributed by atoms with Crippen molar-refractivity contribution in [1.29, 1.82) is 0 Å². The van der Waals surface area contributed by atoms with Crippen molar-refractivity contribution >= 4 is 5.91 Å². The van der Waals surface area contributed by atoms with Crippen LogP contribution in [-0.2, 0) is 4.79 Å². The highest BCUT2D eigenvalue weighted by molar-refractivity contribution is 5.78. The summed E-state index contributed by atoms with van der Waals surface area (Å²) in [5.41, 5.74) is -1.12. The molecule has 2 rings (SSSR count). The lowest BCUT2D eigenvalue weighted by Gasteiger charge is -2.45. The van der Waals surface area contributed by atoms with Gasteiger partial charge >= 0.3 is 0 Å². The third-order valence-electron chi connectivity index (χ3n) is 3.95. The van der Waals surface area contributed by atoms with Gasteiger partial charge in [-0.2, -0.15) is 0 Å². The standard InChI is InChI=1S/C12H19NO2/c1-2-6-12(15)9-4-8-11(12)7-3-5-10(14)13-11/h2,15H,1,3-9H2,(H,13,14)/t11-,12-/m0/s1. The summed E-state index contributed by atoms with van der Waals surface area (Å²) < 4.78 is 0. The summed E-state index contributed by atoms with van der Waals surface area (Å²) in [7, 11) is 0. The van der Waals surface area contributed by atoms with Crippen LogP contribution < -0.4 is 5.32 Å².